The Kier molecular flexibility index (Phi) is 4.84. The second-order valence-corrected chi connectivity index (χ2v) is 6.04. The van der Waals surface area contributed by atoms with Crippen LogP contribution >= 0.6 is 0 Å². The van der Waals surface area contributed by atoms with E-state index in [0.717, 1.165) is 11.1 Å². The van der Waals surface area contributed by atoms with Gasteiger partial charge in [-0.05, 0) is 54.6 Å². The molecule has 0 spiro atoms. The standard InChI is InChI=1S/C22H17N3O3/c1-27-19-12-10-15(11-13-19)20(26)23-18-9-5-8-17(14-18)22-25-24-21(28-22)16-6-3-2-4-7-16/h2-14H,1H3,(H,23,26). The van der Waals surface area contributed by atoms with Gasteiger partial charge in [0.1, 0.15) is 5.75 Å². The summed E-state index contributed by atoms with van der Waals surface area (Å²) >= 11 is 0. The number of nitrogens with zero attached hydrogens (tertiary/aromatic N) is 2. The lowest BCUT2D eigenvalue weighted by Gasteiger charge is -2.07. The van der Waals surface area contributed by atoms with Crippen molar-refractivity contribution in [1.82, 2.24) is 10.2 Å². The number of amides is 1. The zero-order chi connectivity index (χ0) is 19.3. The van der Waals surface area contributed by atoms with Crippen LogP contribution in [0.15, 0.2) is 83.3 Å². The predicted octanol–water partition coefficient (Wildman–Crippen LogP) is 4.66. The van der Waals surface area contributed by atoms with Gasteiger partial charge < -0.3 is 14.5 Å². The molecule has 0 saturated carbocycles. The first-order valence-electron chi connectivity index (χ1n) is 8.68. The van der Waals surface area contributed by atoms with Gasteiger partial charge in [0, 0.05) is 22.4 Å². The normalized spacial score (nSPS) is 10.5. The first kappa shape index (κ1) is 17.5. The van der Waals surface area contributed by atoms with Crippen LogP contribution in [0, 0.1) is 0 Å². The van der Waals surface area contributed by atoms with Crippen LogP contribution in [-0.4, -0.2) is 23.2 Å². The molecule has 0 saturated heterocycles. The number of carbonyl (C=O) groups excluding carboxylic acids is 1. The fourth-order valence-corrected chi connectivity index (χ4v) is 2.71. The Bertz CT molecular complexity index is 1090. The monoisotopic (exact) mass is 371 g/mol. The second-order valence-electron chi connectivity index (χ2n) is 6.04. The molecule has 0 aliphatic rings. The zero-order valence-corrected chi connectivity index (χ0v) is 15.1. The summed E-state index contributed by atoms with van der Waals surface area (Å²) in [5.41, 5.74) is 2.75. The summed E-state index contributed by atoms with van der Waals surface area (Å²) in [6, 6.07) is 23.7. The number of carbonyl (C=O) groups is 1. The van der Waals surface area contributed by atoms with Gasteiger partial charge >= 0.3 is 0 Å². The number of nitrogens with one attached hydrogen (secondary N) is 1. The topological polar surface area (TPSA) is 77.2 Å². The van der Waals surface area contributed by atoms with E-state index in [-0.39, 0.29) is 5.91 Å². The minimum atomic E-state index is -0.213. The van der Waals surface area contributed by atoms with Gasteiger partial charge in [-0.2, -0.15) is 0 Å². The summed E-state index contributed by atoms with van der Waals surface area (Å²) < 4.78 is 10.9. The van der Waals surface area contributed by atoms with Gasteiger partial charge in [-0.1, -0.05) is 24.3 Å². The molecule has 1 amide bonds. The van der Waals surface area contributed by atoms with Crippen molar-refractivity contribution in [2.24, 2.45) is 0 Å². The summed E-state index contributed by atoms with van der Waals surface area (Å²) in [7, 11) is 1.58. The Labute approximate surface area is 161 Å². The van der Waals surface area contributed by atoms with Gasteiger partial charge in [0.05, 0.1) is 7.11 Å². The number of ether oxygens (including phenoxy) is 1. The quantitative estimate of drug-likeness (QED) is 0.552. The van der Waals surface area contributed by atoms with Crippen molar-refractivity contribution in [2.75, 3.05) is 12.4 Å². The first-order valence-corrected chi connectivity index (χ1v) is 8.68. The van der Waals surface area contributed by atoms with E-state index in [9.17, 15) is 4.79 Å². The molecule has 0 bridgehead atoms. The molecular formula is C22H17N3O3. The molecule has 0 fully saturated rings. The minimum absolute atomic E-state index is 0.213. The summed E-state index contributed by atoms with van der Waals surface area (Å²) in [4.78, 5) is 12.4. The van der Waals surface area contributed by atoms with E-state index >= 15 is 0 Å². The van der Waals surface area contributed by atoms with E-state index in [1.165, 1.54) is 0 Å². The summed E-state index contributed by atoms with van der Waals surface area (Å²) in [6.07, 6.45) is 0. The van der Waals surface area contributed by atoms with E-state index in [2.05, 4.69) is 15.5 Å². The highest BCUT2D eigenvalue weighted by Crippen LogP contribution is 2.25. The average molecular weight is 371 g/mol. The number of methoxy groups -OCH3 is 1. The number of rotatable bonds is 5. The molecular weight excluding hydrogens is 354 g/mol. The van der Waals surface area contributed by atoms with Crippen molar-refractivity contribution in [3.63, 3.8) is 0 Å². The van der Waals surface area contributed by atoms with Gasteiger partial charge in [-0.3, -0.25) is 4.79 Å². The zero-order valence-electron chi connectivity index (χ0n) is 15.1. The number of benzene rings is 3. The Morgan fingerprint density at radius 3 is 2.25 bits per heavy atom. The number of anilines is 1. The third-order valence-electron chi connectivity index (χ3n) is 4.17. The van der Waals surface area contributed by atoms with Crippen LogP contribution < -0.4 is 10.1 Å². The summed E-state index contributed by atoms with van der Waals surface area (Å²) in [5.74, 6) is 1.32. The molecule has 0 unspecified atom stereocenters. The molecule has 0 aliphatic carbocycles. The smallest absolute Gasteiger partial charge is 0.255 e. The first-order chi connectivity index (χ1) is 13.7. The van der Waals surface area contributed by atoms with Gasteiger partial charge in [0.15, 0.2) is 0 Å². The van der Waals surface area contributed by atoms with Crippen LogP contribution in [0.25, 0.3) is 22.9 Å². The van der Waals surface area contributed by atoms with Crippen LogP contribution in [0.3, 0.4) is 0 Å². The van der Waals surface area contributed by atoms with Crippen molar-refractivity contribution < 1.29 is 13.9 Å². The summed E-state index contributed by atoms with van der Waals surface area (Å²) in [5, 5.41) is 11.1. The van der Waals surface area contributed by atoms with Gasteiger partial charge in [-0.25, -0.2) is 0 Å². The van der Waals surface area contributed by atoms with Crippen LogP contribution in [-0.2, 0) is 0 Å². The second kappa shape index (κ2) is 7.75. The van der Waals surface area contributed by atoms with Crippen LogP contribution in [0.4, 0.5) is 5.69 Å². The highest BCUT2D eigenvalue weighted by molar-refractivity contribution is 6.04. The number of hydrogen-bond donors (Lipinski definition) is 1. The van der Waals surface area contributed by atoms with Gasteiger partial charge in [0.2, 0.25) is 11.8 Å². The molecule has 4 rings (SSSR count). The maximum absolute atomic E-state index is 12.4. The largest absolute Gasteiger partial charge is 0.497 e. The highest BCUT2D eigenvalue weighted by Gasteiger charge is 2.12. The lowest BCUT2D eigenvalue weighted by Crippen LogP contribution is -2.11. The molecule has 1 aromatic heterocycles. The van der Waals surface area contributed by atoms with Crippen molar-refractivity contribution in [2.45, 2.75) is 0 Å². The lowest BCUT2D eigenvalue weighted by molar-refractivity contribution is 0.102. The van der Waals surface area contributed by atoms with E-state index in [4.69, 9.17) is 9.15 Å². The molecule has 1 heterocycles. The number of aromatic nitrogens is 2. The van der Waals surface area contributed by atoms with Crippen LogP contribution in [0.5, 0.6) is 5.75 Å². The van der Waals surface area contributed by atoms with Gasteiger partial charge in [0.25, 0.3) is 5.91 Å². The Hall–Kier alpha value is -3.93. The fraction of sp³-hybridized carbons (Fsp3) is 0.0455. The van der Waals surface area contributed by atoms with Crippen LogP contribution in [0.1, 0.15) is 10.4 Å². The maximum Gasteiger partial charge on any atom is 0.255 e. The predicted molar refractivity (Wildman–Crippen MR) is 106 cm³/mol. The summed E-state index contributed by atoms with van der Waals surface area (Å²) in [6.45, 7) is 0. The molecule has 0 atom stereocenters. The van der Waals surface area contributed by atoms with Crippen molar-refractivity contribution in [1.29, 1.82) is 0 Å². The molecule has 6 nitrogen and oxygen atoms in total. The van der Waals surface area contributed by atoms with Crippen molar-refractivity contribution in [3.8, 4) is 28.7 Å². The molecule has 0 aliphatic heterocycles. The fourth-order valence-electron chi connectivity index (χ4n) is 2.71. The Morgan fingerprint density at radius 2 is 1.54 bits per heavy atom. The molecule has 1 N–H and O–H groups in total. The lowest BCUT2D eigenvalue weighted by atomic mass is 10.1. The molecule has 6 heteroatoms. The van der Waals surface area contributed by atoms with E-state index in [0.29, 0.717) is 28.8 Å². The SMILES string of the molecule is COc1ccc(C(=O)Nc2cccc(-c3nnc(-c4ccccc4)o3)c2)cc1. The molecule has 0 radical (unpaired) electrons. The van der Waals surface area contributed by atoms with Crippen molar-refractivity contribution in [3.05, 3.63) is 84.4 Å². The Balaban J connectivity index is 1.53. The third kappa shape index (κ3) is 3.76. The average Bonchev–Trinajstić information content (AvgIpc) is 3.25. The molecule has 28 heavy (non-hydrogen) atoms. The van der Waals surface area contributed by atoms with E-state index in [1.54, 1.807) is 43.5 Å². The Morgan fingerprint density at radius 1 is 0.857 bits per heavy atom. The highest BCUT2D eigenvalue weighted by atomic mass is 16.5. The number of hydrogen-bond acceptors (Lipinski definition) is 5. The van der Waals surface area contributed by atoms with Crippen molar-refractivity contribution >= 4 is 11.6 Å². The molecule has 4 aromatic rings. The van der Waals surface area contributed by atoms with Gasteiger partial charge in [-0.15, -0.1) is 10.2 Å². The van der Waals surface area contributed by atoms with Crippen LogP contribution in [0.2, 0.25) is 0 Å². The molecule has 138 valence electrons. The van der Waals surface area contributed by atoms with E-state index in [1.807, 2.05) is 42.5 Å². The third-order valence-corrected chi connectivity index (χ3v) is 4.17. The molecule has 3 aromatic carbocycles. The minimum Gasteiger partial charge on any atom is -0.497 e. The maximum atomic E-state index is 12.4. The van der Waals surface area contributed by atoms with E-state index < -0.39 is 0 Å².